The quantitative estimate of drug-likeness (QED) is 0.708. The third-order valence-corrected chi connectivity index (χ3v) is 6.91. The van der Waals surface area contributed by atoms with Gasteiger partial charge in [-0.15, -0.1) is 0 Å². The number of nitrogens with one attached hydrogen (secondary N) is 1. The van der Waals surface area contributed by atoms with Crippen molar-refractivity contribution in [2.24, 2.45) is 5.92 Å². The van der Waals surface area contributed by atoms with E-state index in [1.165, 1.54) is 6.07 Å². The number of benzene rings is 2. The fourth-order valence-electron chi connectivity index (χ4n) is 3.74. The Labute approximate surface area is 184 Å². The highest BCUT2D eigenvalue weighted by molar-refractivity contribution is 7.89. The zero-order chi connectivity index (χ0) is 22.6. The fourth-order valence-corrected chi connectivity index (χ4v) is 4.94. The normalized spacial score (nSPS) is 15.9. The number of carbonyl (C=O) groups is 1. The van der Waals surface area contributed by atoms with Crippen LogP contribution in [-0.2, 0) is 14.8 Å². The number of halogens is 1. The summed E-state index contributed by atoms with van der Waals surface area (Å²) in [5.74, 6) is -0.391. The Hall–Kier alpha value is -2.45. The maximum Gasteiger partial charge on any atom is 0.241 e. The Morgan fingerprint density at radius 1 is 1.03 bits per heavy atom. The molecule has 2 aromatic rings. The molecule has 31 heavy (non-hydrogen) atoms. The van der Waals surface area contributed by atoms with Gasteiger partial charge in [0, 0.05) is 26.2 Å². The highest BCUT2D eigenvalue weighted by atomic mass is 32.2. The third-order valence-electron chi connectivity index (χ3n) is 5.42. The van der Waals surface area contributed by atoms with Gasteiger partial charge in [-0.2, -0.15) is 4.72 Å². The van der Waals surface area contributed by atoms with Crippen LogP contribution < -0.4 is 9.62 Å². The maximum absolute atomic E-state index is 14.1. The molecule has 1 unspecified atom stereocenters. The first-order chi connectivity index (χ1) is 14.7. The molecule has 0 bridgehead atoms. The van der Waals surface area contributed by atoms with Gasteiger partial charge < -0.3 is 9.80 Å². The Balaban J connectivity index is 1.70. The number of carbonyl (C=O) groups excluding carboxylic acids is 1. The molecule has 1 aliphatic rings. The van der Waals surface area contributed by atoms with Crippen LogP contribution in [0.3, 0.4) is 0 Å². The average Bonchev–Trinajstić information content (AvgIpc) is 2.73. The van der Waals surface area contributed by atoms with Crippen molar-refractivity contribution >= 4 is 21.6 Å². The molecule has 2 aromatic carbocycles. The number of piperazine rings is 1. The SMILES string of the molecule is Cc1ccc(S(=O)(=O)NC(CC(C)C)C(=O)N2CCN(c3ccccc3F)CC2)cc1. The summed E-state index contributed by atoms with van der Waals surface area (Å²) in [6.07, 6.45) is 0.400. The smallest absolute Gasteiger partial charge is 0.241 e. The molecule has 3 rings (SSSR count). The molecular weight excluding hydrogens is 417 g/mol. The number of nitrogens with zero attached hydrogens (tertiary/aromatic N) is 2. The molecular formula is C23H30FN3O3S. The van der Waals surface area contributed by atoms with Crippen molar-refractivity contribution in [1.82, 2.24) is 9.62 Å². The first-order valence-electron chi connectivity index (χ1n) is 10.5. The van der Waals surface area contributed by atoms with Gasteiger partial charge in [-0.3, -0.25) is 4.79 Å². The second kappa shape index (κ2) is 9.78. The van der Waals surface area contributed by atoms with Gasteiger partial charge in [0.2, 0.25) is 15.9 Å². The van der Waals surface area contributed by atoms with E-state index >= 15 is 0 Å². The van der Waals surface area contributed by atoms with Gasteiger partial charge in [-0.25, -0.2) is 12.8 Å². The van der Waals surface area contributed by atoms with E-state index in [2.05, 4.69) is 4.72 Å². The number of hydrogen-bond acceptors (Lipinski definition) is 4. The van der Waals surface area contributed by atoms with E-state index in [4.69, 9.17) is 0 Å². The van der Waals surface area contributed by atoms with E-state index in [0.717, 1.165) is 5.56 Å². The van der Waals surface area contributed by atoms with Gasteiger partial charge in [0.25, 0.3) is 0 Å². The topological polar surface area (TPSA) is 69.7 Å². The van der Waals surface area contributed by atoms with Crippen molar-refractivity contribution in [3.63, 3.8) is 0 Å². The number of rotatable bonds is 7. The Morgan fingerprint density at radius 3 is 2.23 bits per heavy atom. The van der Waals surface area contributed by atoms with Crippen molar-refractivity contribution in [3.8, 4) is 0 Å². The van der Waals surface area contributed by atoms with Crippen molar-refractivity contribution in [1.29, 1.82) is 0 Å². The molecule has 0 saturated carbocycles. The molecule has 1 heterocycles. The van der Waals surface area contributed by atoms with Gasteiger partial charge in [0.1, 0.15) is 11.9 Å². The first kappa shape index (κ1) is 23.2. The van der Waals surface area contributed by atoms with Gasteiger partial charge >= 0.3 is 0 Å². The number of anilines is 1. The van der Waals surface area contributed by atoms with Crippen LogP contribution in [0.1, 0.15) is 25.8 Å². The molecule has 6 nitrogen and oxygen atoms in total. The summed E-state index contributed by atoms with van der Waals surface area (Å²) >= 11 is 0. The van der Waals surface area contributed by atoms with Gasteiger partial charge in [0.15, 0.2) is 0 Å². The summed E-state index contributed by atoms with van der Waals surface area (Å²) in [6.45, 7) is 7.60. The lowest BCUT2D eigenvalue weighted by Gasteiger charge is -2.38. The van der Waals surface area contributed by atoms with Crippen LogP contribution in [-0.4, -0.2) is 51.4 Å². The molecule has 0 radical (unpaired) electrons. The molecule has 0 aromatic heterocycles. The molecule has 0 spiro atoms. The zero-order valence-electron chi connectivity index (χ0n) is 18.2. The summed E-state index contributed by atoms with van der Waals surface area (Å²) in [5, 5.41) is 0. The molecule has 0 aliphatic carbocycles. The van der Waals surface area contributed by atoms with Gasteiger partial charge in [-0.1, -0.05) is 43.7 Å². The van der Waals surface area contributed by atoms with E-state index in [0.29, 0.717) is 38.3 Å². The Kier molecular flexibility index (Phi) is 7.33. The Bertz CT molecular complexity index is 1000. The van der Waals surface area contributed by atoms with E-state index in [1.807, 2.05) is 25.7 Å². The van der Waals surface area contributed by atoms with Crippen molar-refractivity contribution in [3.05, 3.63) is 59.9 Å². The lowest BCUT2D eigenvalue weighted by Crippen LogP contribution is -2.55. The minimum Gasteiger partial charge on any atom is -0.366 e. The van der Waals surface area contributed by atoms with Crippen LogP contribution >= 0.6 is 0 Å². The van der Waals surface area contributed by atoms with E-state index < -0.39 is 16.1 Å². The van der Waals surface area contributed by atoms with Gasteiger partial charge in [0.05, 0.1) is 10.6 Å². The van der Waals surface area contributed by atoms with Gasteiger partial charge in [-0.05, 0) is 43.5 Å². The predicted molar refractivity (Wildman–Crippen MR) is 120 cm³/mol. The second-order valence-electron chi connectivity index (χ2n) is 8.38. The van der Waals surface area contributed by atoms with Crippen LogP contribution in [0.15, 0.2) is 53.4 Å². The minimum atomic E-state index is -3.82. The van der Waals surface area contributed by atoms with E-state index in [9.17, 15) is 17.6 Å². The molecule has 1 atom stereocenters. The first-order valence-corrected chi connectivity index (χ1v) is 12.0. The number of hydrogen-bond donors (Lipinski definition) is 1. The standard InChI is InChI=1S/C23H30FN3O3S/c1-17(2)16-21(25-31(29,30)19-10-8-18(3)9-11-19)23(28)27-14-12-26(13-15-27)22-7-5-4-6-20(22)24/h4-11,17,21,25H,12-16H2,1-3H3. The van der Waals surface area contributed by atoms with Crippen LogP contribution in [0.25, 0.3) is 0 Å². The number of para-hydroxylation sites is 1. The summed E-state index contributed by atoms with van der Waals surface area (Å²) < 4.78 is 42.4. The number of sulfonamides is 1. The highest BCUT2D eigenvalue weighted by Gasteiger charge is 2.32. The van der Waals surface area contributed by atoms with Crippen LogP contribution in [0.4, 0.5) is 10.1 Å². The highest BCUT2D eigenvalue weighted by Crippen LogP contribution is 2.21. The zero-order valence-corrected chi connectivity index (χ0v) is 19.0. The number of amides is 1. The van der Waals surface area contributed by atoms with Crippen LogP contribution in [0.2, 0.25) is 0 Å². The summed E-state index contributed by atoms with van der Waals surface area (Å²) in [7, 11) is -3.82. The van der Waals surface area contributed by atoms with Crippen molar-refractivity contribution < 1.29 is 17.6 Å². The fraction of sp³-hybridized carbons (Fsp3) is 0.435. The molecule has 1 aliphatic heterocycles. The molecule has 1 amide bonds. The summed E-state index contributed by atoms with van der Waals surface area (Å²) in [4.78, 5) is 16.9. The second-order valence-corrected chi connectivity index (χ2v) is 10.1. The maximum atomic E-state index is 14.1. The van der Waals surface area contributed by atoms with E-state index in [-0.39, 0.29) is 22.5 Å². The van der Waals surface area contributed by atoms with E-state index in [1.54, 1.807) is 47.4 Å². The predicted octanol–water partition coefficient (Wildman–Crippen LogP) is 3.18. The average molecular weight is 448 g/mol. The lowest BCUT2D eigenvalue weighted by molar-refractivity contribution is -0.133. The van der Waals surface area contributed by atoms with Crippen LogP contribution in [0.5, 0.6) is 0 Å². The molecule has 168 valence electrons. The molecule has 1 fully saturated rings. The Morgan fingerprint density at radius 2 is 1.65 bits per heavy atom. The van der Waals surface area contributed by atoms with Crippen molar-refractivity contribution in [2.75, 3.05) is 31.1 Å². The minimum absolute atomic E-state index is 0.134. The summed E-state index contributed by atoms with van der Waals surface area (Å²) in [5.41, 5.74) is 1.48. The summed E-state index contributed by atoms with van der Waals surface area (Å²) in [6, 6.07) is 12.3. The monoisotopic (exact) mass is 447 g/mol. The third kappa shape index (κ3) is 5.83. The lowest BCUT2D eigenvalue weighted by atomic mass is 10.0. The molecule has 8 heteroatoms. The molecule has 1 saturated heterocycles. The molecule has 1 N–H and O–H groups in total. The van der Waals surface area contributed by atoms with Crippen molar-refractivity contribution in [2.45, 2.75) is 38.1 Å². The van der Waals surface area contributed by atoms with Crippen LogP contribution in [0, 0.1) is 18.7 Å². The number of aryl methyl sites for hydroxylation is 1. The largest absolute Gasteiger partial charge is 0.366 e.